The predicted octanol–water partition coefficient (Wildman–Crippen LogP) is 10.5. The first-order chi connectivity index (χ1) is 35.5. The van der Waals surface area contributed by atoms with Crippen molar-refractivity contribution in [3.63, 3.8) is 0 Å². The Balaban J connectivity index is 0.000000201. The van der Waals surface area contributed by atoms with Crippen LogP contribution >= 0.6 is 23.2 Å². The number of amides is 2. The van der Waals surface area contributed by atoms with E-state index >= 15 is 0 Å². The minimum Gasteiger partial charge on any atom is -0.507 e. The summed E-state index contributed by atoms with van der Waals surface area (Å²) in [5, 5.41) is 11.7. The van der Waals surface area contributed by atoms with Crippen LogP contribution in [0, 0.1) is 17.0 Å². The number of halogens is 7. The summed E-state index contributed by atoms with van der Waals surface area (Å²) in [4.78, 5) is 66.7. The van der Waals surface area contributed by atoms with Gasteiger partial charge in [-0.15, -0.1) is 0 Å². The average molecular weight is 1070 g/mol. The first-order valence-corrected chi connectivity index (χ1v) is 24.5. The number of hydrogen-bond donors (Lipinski definition) is 1. The summed E-state index contributed by atoms with van der Waals surface area (Å²) in [6.45, 7) is 18.1. The van der Waals surface area contributed by atoms with Crippen molar-refractivity contribution in [1.82, 2.24) is 28.9 Å². The van der Waals surface area contributed by atoms with Gasteiger partial charge in [-0.25, -0.2) is 18.4 Å². The summed E-state index contributed by atoms with van der Waals surface area (Å²) in [6, 6.07) is 20.5. The molecular weight excluding hydrogens is 1020 g/mol. The Labute approximate surface area is 438 Å². The van der Waals surface area contributed by atoms with Crippen LogP contribution < -0.4 is 21.2 Å². The monoisotopic (exact) mass is 1070 g/mol. The van der Waals surface area contributed by atoms with E-state index in [2.05, 4.69) is 23.1 Å². The molecule has 13 nitrogen and oxygen atoms in total. The molecule has 0 unspecified atom stereocenters. The van der Waals surface area contributed by atoms with Crippen LogP contribution in [0.2, 0.25) is 10.0 Å². The molecule has 2 aliphatic heterocycles. The second kappa shape index (κ2) is 21.3. The largest absolute Gasteiger partial charge is 0.507 e. The molecule has 2 saturated heterocycles. The van der Waals surface area contributed by atoms with Crippen LogP contribution in [0.5, 0.6) is 5.75 Å². The molecule has 5 aromatic carbocycles. The Hall–Kier alpha value is -7.57. The van der Waals surface area contributed by atoms with Gasteiger partial charge in [0.1, 0.15) is 29.0 Å². The molecule has 2 amide bonds. The molecule has 7 aromatic rings. The molecule has 75 heavy (non-hydrogen) atoms. The average Bonchev–Trinajstić information content (AvgIpc) is 3.37. The van der Waals surface area contributed by atoms with E-state index in [4.69, 9.17) is 23.2 Å². The van der Waals surface area contributed by atoms with Crippen molar-refractivity contribution >= 4 is 68.5 Å². The highest BCUT2D eigenvalue weighted by atomic mass is 35.5. The van der Waals surface area contributed by atoms with E-state index in [1.807, 2.05) is 37.5 Å². The number of hydrogen-bond acceptors (Lipinski definition) is 9. The summed E-state index contributed by atoms with van der Waals surface area (Å²) >= 11 is 13.3. The van der Waals surface area contributed by atoms with Crippen LogP contribution in [0.3, 0.4) is 0 Å². The molecule has 1 N–H and O–H groups in total. The standard InChI is InChI=1S/C29H23ClF4N4O2.C26H28ClFN4O3/c1-3-26(39)36-12-13-37(17(2)16-36)27-20-14-22(30)19(18-8-4-6-10-23(18)31)15-25(20)38(28(40)35-27)24-11-7-5-9-21(24)29(32,33)34;1-5-22(34)30-9-11-31(12-10-30)24-17-13-18(27)16(23-19(28)7-6-8-21(23)33)14-20(17)32(25(35)29-24)15-26(2,3)4/h3-11,14-15,17H,1,12-13,16H2,2H3;5-8,13-14,33H,1,9-12,15H2,2-4H3/t17-;/m0./s1. The molecule has 0 spiro atoms. The number of carbonyl (C=O) groups excluding carboxylic acids is 2. The Morgan fingerprint density at radius 2 is 1.28 bits per heavy atom. The second-order valence-electron chi connectivity index (χ2n) is 19.3. The maximum Gasteiger partial charge on any atom is 0.418 e. The van der Waals surface area contributed by atoms with E-state index in [-0.39, 0.29) is 72.7 Å². The minimum absolute atomic E-state index is 0.0240. The molecule has 20 heteroatoms. The van der Waals surface area contributed by atoms with Crippen LogP contribution in [0.1, 0.15) is 33.3 Å². The van der Waals surface area contributed by atoms with E-state index in [9.17, 15) is 46.2 Å². The number of piperazine rings is 2. The van der Waals surface area contributed by atoms with Gasteiger partial charge in [-0.3, -0.25) is 18.7 Å². The van der Waals surface area contributed by atoms with Crippen molar-refractivity contribution in [1.29, 1.82) is 0 Å². The van der Waals surface area contributed by atoms with Crippen molar-refractivity contribution in [2.24, 2.45) is 5.41 Å². The van der Waals surface area contributed by atoms with E-state index < -0.39 is 40.4 Å². The molecule has 390 valence electrons. The number of rotatable bonds is 8. The zero-order chi connectivity index (χ0) is 54.3. The summed E-state index contributed by atoms with van der Waals surface area (Å²) in [6.07, 6.45) is -2.25. The van der Waals surface area contributed by atoms with Gasteiger partial charge in [-0.05, 0) is 79.1 Å². The second-order valence-corrected chi connectivity index (χ2v) is 20.1. The summed E-state index contributed by atoms with van der Waals surface area (Å²) < 4.78 is 74.0. The first kappa shape index (κ1) is 53.7. The lowest BCUT2D eigenvalue weighted by atomic mass is 9.96. The van der Waals surface area contributed by atoms with Gasteiger partial charge < -0.3 is 24.7 Å². The molecule has 0 aliphatic carbocycles. The van der Waals surface area contributed by atoms with Crippen LogP contribution in [0.4, 0.5) is 33.6 Å². The molecular formula is C55H51Cl2F5N8O5. The highest BCUT2D eigenvalue weighted by Gasteiger charge is 2.36. The summed E-state index contributed by atoms with van der Waals surface area (Å²) in [5.41, 5.74) is -1.85. The van der Waals surface area contributed by atoms with Gasteiger partial charge in [0.05, 0.1) is 27.8 Å². The van der Waals surface area contributed by atoms with Crippen molar-refractivity contribution in [3.05, 3.63) is 165 Å². The smallest absolute Gasteiger partial charge is 0.418 e. The Morgan fingerprint density at radius 1 is 0.707 bits per heavy atom. The maximum absolute atomic E-state index is 14.8. The molecule has 0 saturated carbocycles. The van der Waals surface area contributed by atoms with Crippen LogP contribution in [-0.4, -0.2) is 97.7 Å². The third-order valence-corrected chi connectivity index (χ3v) is 13.6. The molecule has 0 bridgehead atoms. The van der Waals surface area contributed by atoms with Gasteiger partial charge in [0.25, 0.3) is 0 Å². The fourth-order valence-corrected chi connectivity index (χ4v) is 9.99. The van der Waals surface area contributed by atoms with E-state index in [1.165, 1.54) is 78.9 Å². The number of phenolic OH excluding ortho intramolecular Hbond substituents is 1. The fourth-order valence-electron chi connectivity index (χ4n) is 9.46. The number of carbonyl (C=O) groups is 2. The predicted molar refractivity (Wildman–Crippen MR) is 283 cm³/mol. The van der Waals surface area contributed by atoms with E-state index in [0.717, 1.165) is 10.6 Å². The van der Waals surface area contributed by atoms with E-state index in [1.54, 1.807) is 32.6 Å². The van der Waals surface area contributed by atoms with Crippen molar-refractivity contribution in [2.75, 3.05) is 55.6 Å². The number of benzene rings is 5. The maximum atomic E-state index is 14.8. The number of anilines is 2. The highest BCUT2D eigenvalue weighted by Crippen LogP contribution is 2.42. The highest BCUT2D eigenvalue weighted by molar-refractivity contribution is 6.35. The first-order valence-electron chi connectivity index (χ1n) is 23.7. The Bertz CT molecular complexity index is 3510. The van der Waals surface area contributed by atoms with Crippen LogP contribution in [0.25, 0.3) is 49.7 Å². The van der Waals surface area contributed by atoms with Gasteiger partial charge >= 0.3 is 17.6 Å². The topological polar surface area (TPSA) is 137 Å². The Morgan fingerprint density at radius 3 is 1.91 bits per heavy atom. The SMILES string of the molecule is C=CC(=O)N1CCN(c2nc(=O)n(-c3ccccc3C(F)(F)F)c3cc(-c4ccccc4F)c(Cl)cc23)[C@@H](C)C1.C=CC(=O)N1CCN(c2nc(=O)n(CC(C)(C)C)c3cc(-c4c(O)cccc4F)c(Cl)cc23)CC1. The summed E-state index contributed by atoms with van der Waals surface area (Å²) in [5.74, 6) is -1.14. The van der Waals surface area contributed by atoms with Gasteiger partial charge in [0.2, 0.25) is 11.8 Å². The number of aromatic hydroxyl groups is 1. The van der Waals surface area contributed by atoms with Crippen molar-refractivity contribution in [3.8, 4) is 33.7 Å². The zero-order valence-corrected chi connectivity index (χ0v) is 42.8. The molecule has 9 rings (SSSR count). The minimum atomic E-state index is -4.76. The van der Waals surface area contributed by atoms with Gasteiger partial charge in [-0.1, -0.05) is 93.5 Å². The third kappa shape index (κ3) is 11.0. The lowest BCUT2D eigenvalue weighted by Crippen LogP contribution is -2.54. The van der Waals surface area contributed by atoms with Gasteiger partial charge in [0.15, 0.2) is 0 Å². The number of para-hydroxylation sites is 1. The number of alkyl halides is 3. The molecule has 4 heterocycles. The molecule has 2 aliphatic rings. The normalized spacial score (nSPS) is 15.2. The zero-order valence-electron chi connectivity index (χ0n) is 41.3. The van der Waals surface area contributed by atoms with E-state index in [0.29, 0.717) is 74.5 Å². The summed E-state index contributed by atoms with van der Waals surface area (Å²) in [7, 11) is 0. The number of nitrogens with zero attached hydrogens (tertiary/aromatic N) is 8. The van der Waals surface area contributed by atoms with Crippen LogP contribution in [0.15, 0.2) is 126 Å². The lowest BCUT2D eigenvalue weighted by Gasteiger charge is -2.40. The third-order valence-electron chi connectivity index (χ3n) is 13.0. The molecule has 2 aromatic heterocycles. The van der Waals surface area contributed by atoms with Gasteiger partial charge in [-0.2, -0.15) is 23.1 Å². The van der Waals surface area contributed by atoms with Gasteiger partial charge in [0, 0.05) is 95.9 Å². The van der Waals surface area contributed by atoms with Crippen molar-refractivity contribution < 1.29 is 36.6 Å². The number of fused-ring (bicyclic) bond motifs is 2. The quantitative estimate of drug-likeness (QED) is 0.116. The fraction of sp³-hybridized carbons (Fsp3) is 0.273. The van der Waals surface area contributed by atoms with Crippen LogP contribution in [-0.2, 0) is 22.3 Å². The lowest BCUT2D eigenvalue weighted by molar-refractivity contribution is -0.137. The molecule has 0 radical (unpaired) electrons. The molecule has 1 atom stereocenters. The van der Waals surface area contributed by atoms with Crippen molar-refractivity contribution in [2.45, 2.75) is 46.5 Å². The number of aromatic nitrogens is 4. The number of phenols is 1. The molecule has 2 fully saturated rings. The Kier molecular flexibility index (Phi) is 15.3.